The summed E-state index contributed by atoms with van der Waals surface area (Å²) in [5.74, 6) is 3.43. The van der Waals surface area contributed by atoms with Crippen LogP contribution in [0.1, 0.15) is 38.2 Å². The van der Waals surface area contributed by atoms with Crippen LogP contribution in [-0.2, 0) is 6.54 Å². The average molecular weight is 439 g/mol. The first-order chi connectivity index (χ1) is 15.8. The Bertz CT molecular complexity index is 877. The maximum atomic E-state index is 6.35. The van der Waals surface area contributed by atoms with Crippen LogP contribution in [0.5, 0.6) is 11.5 Å². The predicted molar refractivity (Wildman–Crippen MR) is 127 cm³/mol. The molecule has 2 aromatic rings. The van der Waals surface area contributed by atoms with Gasteiger partial charge in [0.2, 0.25) is 5.95 Å². The minimum absolute atomic E-state index is 0.298. The molecule has 1 aromatic heterocycles. The molecule has 2 aliphatic rings. The molecule has 0 unspecified atom stereocenters. The fourth-order valence-electron chi connectivity index (χ4n) is 4.25. The van der Waals surface area contributed by atoms with Crippen molar-refractivity contribution in [1.82, 2.24) is 20.2 Å². The van der Waals surface area contributed by atoms with Crippen molar-refractivity contribution in [2.75, 3.05) is 44.7 Å². The highest BCUT2D eigenvalue weighted by atomic mass is 16.5. The summed E-state index contributed by atoms with van der Waals surface area (Å²) in [6, 6.07) is 7.90. The minimum Gasteiger partial charge on any atom is -0.497 e. The van der Waals surface area contributed by atoms with Gasteiger partial charge in [-0.3, -0.25) is 0 Å². The lowest BCUT2D eigenvalue weighted by Gasteiger charge is -2.36. The summed E-state index contributed by atoms with van der Waals surface area (Å²) >= 11 is 0. The molecule has 0 bridgehead atoms. The van der Waals surface area contributed by atoms with Crippen molar-refractivity contribution in [2.24, 2.45) is 4.99 Å². The monoisotopic (exact) mass is 438 g/mol. The number of aliphatic imine (C=N–C) groups is 1. The van der Waals surface area contributed by atoms with Crippen LogP contribution >= 0.6 is 0 Å². The van der Waals surface area contributed by atoms with Gasteiger partial charge in [0.1, 0.15) is 11.5 Å². The van der Waals surface area contributed by atoms with Crippen molar-refractivity contribution in [3.8, 4) is 11.5 Å². The van der Waals surface area contributed by atoms with Gasteiger partial charge in [0.05, 0.1) is 19.8 Å². The summed E-state index contributed by atoms with van der Waals surface area (Å²) in [5, 5.41) is 3.45. The summed E-state index contributed by atoms with van der Waals surface area (Å²) < 4.78 is 11.8. The normalized spacial score (nSPS) is 17.5. The number of rotatable bonds is 7. The minimum atomic E-state index is 0.298. The molecule has 1 aliphatic heterocycles. The third-order valence-corrected chi connectivity index (χ3v) is 6.02. The van der Waals surface area contributed by atoms with Crippen LogP contribution in [0.3, 0.4) is 0 Å². The molecule has 4 rings (SSSR count). The Morgan fingerprint density at radius 1 is 1.12 bits per heavy atom. The molecule has 2 fully saturated rings. The topological polar surface area (TPSA) is 75.1 Å². The SMILES string of the molecule is CCNC(=NCc1ccc(OC)cc1OC1CCCC1)N1CCN(c2ncccn2)CC1. The van der Waals surface area contributed by atoms with Crippen LogP contribution < -0.4 is 19.7 Å². The number of anilines is 1. The molecular weight excluding hydrogens is 404 g/mol. The molecule has 8 heteroatoms. The van der Waals surface area contributed by atoms with Crippen molar-refractivity contribution in [3.05, 3.63) is 42.2 Å². The van der Waals surface area contributed by atoms with Gasteiger partial charge in [-0.1, -0.05) is 0 Å². The van der Waals surface area contributed by atoms with E-state index in [4.69, 9.17) is 14.5 Å². The molecule has 1 saturated carbocycles. The quantitative estimate of drug-likeness (QED) is 0.526. The second-order valence-electron chi connectivity index (χ2n) is 8.19. The number of guanidine groups is 1. The zero-order valence-electron chi connectivity index (χ0n) is 19.2. The van der Waals surface area contributed by atoms with E-state index in [1.54, 1.807) is 19.5 Å². The van der Waals surface area contributed by atoms with E-state index in [-0.39, 0.29) is 0 Å². The average Bonchev–Trinajstić information content (AvgIpc) is 3.36. The predicted octanol–water partition coefficient (Wildman–Crippen LogP) is 3.09. The highest BCUT2D eigenvalue weighted by molar-refractivity contribution is 5.80. The molecule has 32 heavy (non-hydrogen) atoms. The Labute approximate surface area is 190 Å². The summed E-state index contributed by atoms with van der Waals surface area (Å²) in [4.78, 5) is 18.2. The fourth-order valence-corrected chi connectivity index (χ4v) is 4.25. The Hall–Kier alpha value is -3.03. The molecule has 1 aromatic carbocycles. The van der Waals surface area contributed by atoms with Crippen LogP contribution in [0.2, 0.25) is 0 Å². The van der Waals surface area contributed by atoms with Crippen molar-refractivity contribution in [2.45, 2.75) is 45.3 Å². The van der Waals surface area contributed by atoms with Crippen LogP contribution in [0.4, 0.5) is 5.95 Å². The van der Waals surface area contributed by atoms with Crippen molar-refractivity contribution < 1.29 is 9.47 Å². The molecule has 0 atom stereocenters. The number of aromatic nitrogens is 2. The smallest absolute Gasteiger partial charge is 0.225 e. The molecule has 0 amide bonds. The zero-order chi connectivity index (χ0) is 22.2. The number of ether oxygens (including phenoxy) is 2. The van der Waals surface area contributed by atoms with Crippen LogP contribution in [-0.4, -0.2) is 66.8 Å². The highest BCUT2D eigenvalue weighted by Crippen LogP contribution is 2.30. The van der Waals surface area contributed by atoms with Gasteiger partial charge in [-0.25, -0.2) is 15.0 Å². The van der Waals surface area contributed by atoms with Gasteiger partial charge >= 0.3 is 0 Å². The van der Waals surface area contributed by atoms with Gasteiger partial charge in [-0.2, -0.15) is 0 Å². The molecule has 8 nitrogen and oxygen atoms in total. The van der Waals surface area contributed by atoms with Crippen LogP contribution in [0, 0.1) is 0 Å². The zero-order valence-corrected chi connectivity index (χ0v) is 19.2. The second-order valence-corrected chi connectivity index (χ2v) is 8.19. The lowest BCUT2D eigenvalue weighted by Crippen LogP contribution is -2.53. The molecule has 1 saturated heterocycles. The van der Waals surface area contributed by atoms with E-state index < -0.39 is 0 Å². The molecular formula is C24H34N6O2. The number of piperazine rings is 1. The van der Waals surface area contributed by atoms with Gasteiger partial charge in [-0.05, 0) is 50.8 Å². The number of hydrogen-bond donors (Lipinski definition) is 1. The number of benzene rings is 1. The molecule has 1 aliphatic carbocycles. The van der Waals surface area contributed by atoms with Crippen molar-refractivity contribution in [1.29, 1.82) is 0 Å². The van der Waals surface area contributed by atoms with Crippen LogP contribution in [0.15, 0.2) is 41.7 Å². The maximum absolute atomic E-state index is 6.35. The van der Waals surface area contributed by atoms with Crippen molar-refractivity contribution in [3.63, 3.8) is 0 Å². The van der Waals surface area contributed by atoms with E-state index in [1.807, 2.05) is 18.2 Å². The van der Waals surface area contributed by atoms with Crippen molar-refractivity contribution >= 4 is 11.9 Å². The van der Waals surface area contributed by atoms with Gasteiger partial charge in [0, 0.05) is 56.7 Å². The lowest BCUT2D eigenvalue weighted by atomic mass is 10.2. The van der Waals surface area contributed by atoms with E-state index in [1.165, 1.54) is 12.8 Å². The Kier molecular flexibility index (Phi) is 7.64. The molecule has 1 N–H and O–H groups in total. The Balaban J connectivity index is 1.44. The van der Waals surface area contributed by atoms with E-state index in [9.17, 15) is 0 Å². The third kappa shape index (κ3) is 5.60. The van der Waals surface area contributed by atoms with E-state index in [2.05, 4.69) is 38.1 Å². The first kappa shape index (κ1) is 22.2. The highest BCUT2D eigenvalue weighted by Gasteiger charge is 2.22. The van der Waals surface area contributed by atoms with E-state index in [0.29, 0.717) is 12.6 Å². The van der Waals surface area contributed by atoms with Gasteiger partial charge in [-0.15, -0.1) is 0 Å². The summed E-state index contributed by atoms with van der Waals surface area (Å²) in [7, 11) is 1.69. The third-order valence-electron chi connectivity index (χ3n) is 6.02. The fraction of sp³-hybridized carbons (Fsp3) is 0.542. The number of nitrogens with zero attached hydrogens (tertiary/aromatic N) is 5. The standard InChI is InChI=1S/C24H34N6O2/c1-3-25-23(29-13-15-30(16-14-29)24-26-11-6-12-27-24)28-18-19-9-10-21(31-2)17-22(19)32-20-7-4-5-8-20/h6,9-12,17,20H,3-5,7-8,13-16,18H2,1-2H3,(H,25,28). The summed E-state index contributed by atoms with van der Waals surface area (Å²) in [5.41, 5.74) is 1.09. The first-order valence-electron chi connectivity index (χ1n) is 11.7. The summed E-state index contributed by atoms with van der Waals surface area (Å²) in [6.45, 7) is 6.98. The number of hydrogen-bond acceptors (Lipinski definition) is 6. The van der Waals surface area contributed by atoms with Gasteiger partial charge < -0.3 is 24.6 Å². The first-order valence-corrected chi connectivity index (χ1v) is 11.7. The molecule has 0 spiro atoms. The lowest BCUT2D eigenvalue weighted by molar-refractivity contribution is 0.207. The maximum Gasteiger partial charge on any atom is 0.225 e. The van der Waals surface area contributed by atoms with E-state index in [0.717, 1.165) is 74.5 Å². The van der Waals surface area contributed by atoms with Crippen LogP contribution in [0.25, 0.3) is 0 Å². The van der Waals surface area contributed by atoms with Gasteiger partial charge in [0.25, 0.3) is 0 Å². The number of methoxy groups -OCH3 is 1. The Morgan fingerprint density at radius 3 is 2.56 bits per heavy atom. The molecule has 0 radical (unpaired) electrons. The molecule has 172 valence electrons. The Morgan fingerprint density at radius 2 is 1.88 bits per heavy atom. The second kappa shape index (κ2) is 11.0. The largest absolute Gasteiger partial charge is 0.497 e. The van der Waals surface area contributed by atoms with E-state index >= 15 is 0 Å². The summed E-state index contributed by atoms with van der Waals surface area (Å²) in [6.07, 6.45) is 8.61. The van der Waals surface area contributed by atoms with Gasteiger partial charge in [0.15, 0.2) is 5.96 Å². The molecule has 2 heterocycles. The number of nitrogens with one attached hydrogen (secondary N) is 1.